The van der Waals surface area contributed by atoms with Crippen LogP contribution in [0.25, 0.3) is 11.5 Å². The van der Waals surface area contributed by atoms with Crippen molar-refractivity contribution in [2.24, 2.45) is 0 Å². The van der Waals surface area contributed by atoms with Crippen LogP contribution >= 0.6 is 0 Å². The van der Waals surface area contributed by atoms with E-state index in [1.54, 1.807) is 13.1 Å². The second kappa shape index (κ2) is 4.02. The summed E-state index contributed by atoms with van der Waals surface area (Å²) in [6.45, 7) is 5.49. The van der Waals surface area contributed by atoms with Gasteiger partial charge in [0.1, 0.15) is 11.8 Å². The van der Waals surface area contributed by atoms with Gasteiger partial charge in [-0.15, -0.1) is 0 Å². The van der Waals surface area contributed by atoms with Crippen LogP contribution in [-0.4, -0.2) is 20.2 Å². The van der Waals surface area contributed by atoms with Crippen LogP contribution in [0.2, 0.25) is 0 Å². The predicted molar refractivity (Wildman–Crippen MR) is 57.6 cm³/mol. The molecule has 2 heterocycles. The van der Waals surface area contributed by atoms with E-state index >= 15 is 0 Å². The van der Waals surface area contributed by atoms with Crippen molar-refractivity contribution in [1.29, 1.82) is 0 Å². The summed E-state index contributed by atoms with van der Waals surface area (Å²) in [5.74, 6) is 0.616. The number of rotatable bonds is 2. The van der Waals surface area contributed by atoms with E-state index in [0.717, 1.165) is 11.1 Å². The smallest absolute Gasteiger partial charge is 0.255 e. The molecule has 0 amide bonds. The Labute approximate surface area is 93.1 Å². The molecule has 0 bridgehead atoms. The molecule has 16 heavy (non-hydrogen) atoms. The molecule has 0 aromatic carbocycles. The molecule has 0 saturated carbocycles. The number of pyridine rings is 1. The van der Waals surface area contributed by atoms with E-state index in [2.05, 4.69) is 15.1 Å². The van der Waals surface area contributed by atoms with E-state index in [9.17, 15) is 5.11 Å². The number of aryl methyl sites for hydroxylation is 2. The Kier molecular flexibility index (Phi) is 2.70. The molecule has 0 aliphatic carbocycles. The molecule has 84 valence electrons. The molecule has 0 spiro atoms. The van der Waals surface area contributed by atoms with Crippen LogP contribution in [-0.2, 0) is 0 Å². The van der Waals surface area contributed by atoms with Crippen molar-refractivity contribution in [3.05, 3.63) is 29.3 Å². The van der Waals surface area contributed by atoms with E-state index in [4.69, 9.17) is 4.52 Å². The van der Waals surface area contributed by atoms with Crippen LogP contribution in [0.3, 0.4) is 0 Å². The molecular formula is C11H13N3O2. The number of aromatic nitrogens is 3. The molecule has 0 fully saturated rings. The third-order valence-corrected chi connectivity index (χ3v) is 2.23. The van der Waals surface area contributed by atoms with Crippen LogP contribution in [0.1, 0.15) is 30.0 Å². The zero-order valence-corrected chi connectivity index (χ0v) is 9.43. The molecule has 0 aliphatic rings. The Morgan fingerprint density at radius 1 is 1.38 bits per heavy atom. The summed E-state index contributed by atoms with van der Waals surface area (Å²) in [4.78, 5) is 8.33. The zero-order valence-electron chi connectivity index (χ0n) is 9.43. The fraction of sp³-hybridized carbons (Fsp3) is 0.364. The molecule has 0 aliphatic heterocycles. The number of hydrogen-bond donors (Lipinski definition) is 1. The maximum absolute atomic E-state index is 9.28. The Balaban J connectivity index is 2.42. The quantitative estimate of drug-likeness (QED) is 0.833. The summed E-state index contributed by atoms with van der Waals surface area (Å²) in [6.07, 6.45) is 0.993. The summed E-state index contributed by atoms with van der Waals surface area (Å²) in [7, 11) is 0. The minimum atomic E-state index is -0.757. The fourth-order valence-electron chi connectivity index (χ4n) is 1.45. The van der Waals surface area contributed by atoms with E-state index in [-0.39, 0.29) is 5.89 Å². The highest BCUT2D eigenvalue weighted by atomic mass is 16.5. The van der Waals surface area contributed by atoms with Crippen molar-refractivity contribution in [2.75, 3.05) is 0 Å². The van der Waals surface area contributed by atoms with Crippen molar-refractivity contribution in [1.82, 2.24) is 15.1 Å². The molecule has 1 atom stereocenters. The summed E-state index contributed by atoms with van der Waals surface area (Å²) < 4.78 is 4.91. The Bertz CT molecular complexity index is 506. The lowest BCUT2D eigenvalue weighted by molar-refractivity contribution is 0.152. The summed E-state index contributed by atoms with van der Waals surface area (Å²) in [5.41, 5.74) is 2.75. The lowest BCUT2D eigenvalue weighted by atomic mass is 10.1. The highest BCUT2D eigenvalue weighted by molar-refractivity contribution is 5.53. The van der Waals surface area contributed by atoms with Crippen molar-refractivity contribution < 1.29 is 9.63 Å². The van der Waals surface area contributed by atoms with Crippen LogP contribution < -0.4 is 0 Å². The van der Waals surface area contributed by atoms with Gasteiger partial charge in [0.25, 0.3) is 5.89 Å². The topological polar surface area (TPSA) is 72.0 Å². The maximum atomic E-state index is 9.28. The van der Waals surface area contributed by atoms with Crippen LogP contribution in [0.15, 0.2) is 16.8 Å². The highest BCUT2D eigenvalue weighted by Crippen LogP contribution is 2.20. The second-order valence-corrected chi connectivity index (χ2v) is 3.81. The number of nitrogens with zero attached hydrogens (tertiary/aromatic N) is 3. The van der Waals surface area contributed by atoms with Gasteiger partial charge in [-0.3, -0.25) is 4.98 Å². The van der Waals surface area contributed by atoms with E-state index in [1.807, 2.05) is 19.9 Å². The molecule has 5 nitrogen and oxygen atoms in total. The fourth-order valence-corrected chi connectivity index (χ4v) is 1.45. The summed E-state index contributed by atoms with van der Waals surface area (Å²) in [6, 6.07) is 2.00. The van der Waals surface area contributed by atoms with Gasteiger partial charge in [-0.05, 0) is 31.9 Å². The lowest BCUT2D eigenvalue weighted by Gasteiger charge is -2.00. The van der Waals surface area contributed by atoms with E-state index in [0.29, 0.717) is 11.5 Å². The Hall–Kier alpha value is -1.75. The molecule has 1 N–H and O–H groups in total. The molecule has 0 radical (unpaired) electrons. The van der Waals surface area contributed by atoms with Gasteiger partial charge in [0.05, 0.1) is 0 Å². The third kappa shape index (κ3) is 1.94. The molecule has 2 rings (SSSR count). The van der Waals surface area contributed by atoms with Crippen molar-refractivity contribution >= 4 is 0 Å². The summed E-state index contributed by atoms with van der Waals surface area (Å²) >= 11 is 0. The molecular weight excluding hydrogens is 206 g/mol. The predicted octanol–water partition coefficient (Wildman–Crippen LogP) is 1.80. The first kappa shape index (κ1) is 10.8. The molecule has 2 aromatic heterocycles. The van der Waals surface area contributed by atoms with Crippen molar-refractivity contribution in [3.8, 4) is 11.5 Å². The second-order valence-electron chi connectivity index (χ2n) is 3.81. The normalized spacial score (nSPS) is 12.8. The van der Waals surface area contributed by atoms with Crippen LogP contribution in [0.4, 0.5) is 0 Å². The largest absolute Gasteiger partial charge is 0.384 e. The molecule has 2 aromatic rings. The molecule has 0 unspecified atom stereocenters. The van der Waals surface area contributed by atoms with Gasteiger partial charge in [0.2, 0.25) is 5.82 Å². The summed E-state index contributed by atoms with van der Waals surface area (Å²) in [5, 5.41) is 13.1. The average molecular weight is 219 g/mol. The zero-order chi connectivity index (χ0) is 11.7. The van der Waals surface area contributed by atoms with Gasteiger partial charge in [0, 0.05) is 6.20 Å². The Morgan fingerprint density at radius 3 is 2.69 bits per heavy atom. The minimum Gasteiger partial charge on any atom is -0.384 e. The highest BCUT2D eigenvalue weighted by Gasteiger charge is 2.14. The van der Waals surface area contributed by atoms with E-state index < -0.39 is 6.10 Å². The van der Waals surface area contributed by atoms with Gasteiger partial charge in [-0.1, -0.05) is 11.2 Å². The standard InChI is InChI=1S/C11H13N3O2/c1-6-4-7(2)9(12-5-6)10-13-11(8(3)15)16-14-10/h4-5,8,15H,1-3H3/t8-/m0/s1. The van der Waals surface area contributed by atoms with Gasteiger partial charge < -0.3 is 9.63 Å². The van der Waals surface area contributed by atoms with Gasteiger partial charge in [-0.2, -0.15) is 4.98 Å². The number of hydrogen-bond acceptors (Lipinski definition) is 5. The monoisotopic (exact) mass is 219 g/mol. The van der Waals surface area contributed by atoms with Gasteiger partial charge in [-0.25, -0.2) is 0 Å². The number of aliphatic hydroxyl groups is 1. The number of aliphatic hydroxyl groups excluding tert-OH is 1. The first-order valence-electron chi connectivity index (χ1n) is 5.03. The lowest BCUT2D eigenvalue weighted by Crippen LogP contribution is -1.93. The van der Waals surface area contributed by atoms with Crippen molar-refractivity contribution in [2.45, 2.75) is 26.9 Å². The molecule has 0 saturated heterocycles. The van der Waals surface area contributed by atoms with E-state index in [1.165, 1.54) is 0 Å². The SMILES string of the molecule is Cc1cnc(-c2noc([C@H](C)O)n2)c(C)c1. The van der Waals surface area contributed by atoms with Gasteiger partial charge in [0.15, 0.2) is 0 Å². The first-order valence-corrected chi connectivity index (χ1v) is 5.03. The van der Waals surface area contributed by atoms with Crippen LogP contribution in [0, 0.1) is 13.8 Å². The van der Waals surface area contributed by atoms with Crippen LogP contribution in [0.5, 0.6) is 0 Å². The third-order valence-electron chi connectivity index (χ3n) is 2.23. The Morgan fingerprint density at radius 2 is 2.12 bits per heavy atom. The molecule has 5 heteroatoms. The average Bonchev–Trinajstić information content (AvgIpc) is 2.66. The maximum Gasteiger partial charge on any atom is 0.255 e. The van der Waals surface area contributed by atoms with Gasteiger partial charge >= 0.3 is 0 Å². The van der Waals surface area contributed by atoms with Crippen molar-refractivity contribution in [3.63, 3.8) is 0 Å². The first-order chi connectivity index (χ1) is 7.58. The minimum absolute atomic E-state index is 0.205.